The number of aromatic nitrogens is 1. The van der Waals surface area contributed by atoms with Crippen LogP contribution in [0.1, 0.15) is 22.4 Å². The fourth-order valence-corrected chi connectivity index (χ4v) is 5.52. The molecule has 5 rings (SSSR count). The van der Waals surface area contributed by atoms with Gasteiger partial charge in [0.1, 0.15) is 18.1 Å². The Balaban J connectivity index is 1.19. The van der Waals surface area contributed by atoms with Gasteiger partial charge in [-0.1, -0.05) is 105 Å². The lowest BCUT2D eigenvalue weighted by molar-refractivity contribution is 0.0992. The molecule has 0 amide bonds. The van der Waals surface area contributed by atoms with Crippen molar-refractivity contribution in [2.75, 3.05) is 26.4 Å². The topological polar surface area (TPSA) is 43.4 Å². The second-order valence-corrected chi connectivity index (χ2v) is 16.0. The van der Waals surface area contributed by atoms with Crippen LogP contribution in [0.2, 0.25) is 19.6 Å². The van der Waals surface area contributed by atoms with E-state index in [2.05, 4.69) is 133 Å². The zero-order chi connectivity index (χ0) is 29.3. The number of fused-ring (bicyclic) bond motifs is 1. The summed E-state index contributed by atoms with van der Waals surface area (Å²) in [7, 11) is -1.44. The van der Waals surface area contributed by atoms with Crippen LogP contribution in [0.15, 0.2) is 121 Å². The molecule has 213 valence electrons. The number of rotatable bonds is 11. The molecule has 4 nitrogen and oxygen atoms in total. The smallest absolute Gasteiger partial charge is 0.120 e. The monoisotopic (exact) mass is 570 g/mol. The average Bonchev–Trinajstić information content (AvgIpc) is 3.02. The Labute approximate surface area is 250 Å². The first-order valence-corrected chi connectivity index (χ1v) is 18.0. The van der Waals surface area contributed by atoms with Crippen LogP contribution >= 0.6 is 0 Å². The minimum atomic E-state index is -1.44. The van der Waals surface area contributed by atoms with Gasteiger partial charge in [0.25, 0.3) is 0 Å². The number of hydrogen-bond acceptors (Lipinski definition) is 4. The van der Waals surface area contributed by atoms with E-state index in [9.17, 15) is 0 Å². The van der Waals surface area contributed by atoms with Crippen LogP contribution in [0.5, 0.6) is 5.75 Å². The molecule has 0 fully saturated rings. The Morgan fingerprint density at radius 1 is 0.690 bits per heavy atom. The number of ether oxygens (including phenoxy) is 2. The molecular formula is C37H38N2O2Si-. The fraction of sp³-hybridized carbons (Fsp3) is 0.216. The van der Waals surface area contributed by atoms with Crippen LogP contribution in [-0.2, 0) is 10.3 Å². The highest BCUT2D eigenvalue weighted by atomic mass is 28.3. The predicted molar refractivity (Wildman–Crippen MR) is 175 cm³/mol. The molecule has 0 radical (unpaired) electrons. The molecule has 0 aliphatic carbocycles. The summed E-state index contributed by atoms with van der Waals surface area (Å²) in [6.07, 6.45) is 0. The second-order valence-electron chi connectivity index (χ2n) is 11.3. The van der Waals surface area contributed by atoms with Gasteiger partial charge in [0, 0.05) is 11.9 Å². The number of pyridine rings is 1. The maximum absolute atomic E-state index is 6.00. The number of benzene rings is 4. The van der Waals surface area contributed by atoms with E-state index in [-0.39, 0.29) is 0 Å². The van der Waals surface area contributed by atoms with E-state index >= 15 is 0 Å². The Morgan fingerprint density at radius 2 is 1.29 bits per heavy atom. The summed E-state index contributed by atoms with van der Waals surface area (Å²) in [6, 6.07) is 41.8. The van der Waals surface area contributed by atoms with Crippen LogP contribution in [0.25, 0.3) is 10.9 Å². The summed E-state index contributed by atoms with van der Waals surface area (Å²) in [5, 5.41) is 4.89. The highest BCUT2D eigenvalue weighted by molar-refractivity contribution is 6.83. The van der Waals surface area contributed by atoms with Crippen LogP contribution in [0, 0.1) is 11.5 Å². The van der Waals surface area contributed by atoms with Crippen LogP contribution in [0.3, 0.4) is 0 Å². The largest absolute Gasteiger partial charge is 0.491 e. The first-order valence-electron chi connectivity index (χ1n) is 14.5. The SMILES string of the molecule is C[Si-](C)(C)C#Cc1ccc2cc(OCCOCCNC(c3ccccc3)(c3ccccc3)c3ccccc3)ccc2n1. The molecule has 0 spiro atoms. The summed E-state index contributed by atoms with van der Waals surface area (Å²) >= 11 is 0. The third-order valence-corrected chi connectivity index (χ3v) is 7.85. The van der Waals surface area contributed by atoms with E-state index in [0.717, 1.165) is 22.3 Å². The van der Waals surface area contributed by atoms with Crippen molar-refractivity contribution in [3.8, 4) is 17.2 Å². The maximum Gasteiger partial charge on any atom is 0.120 e. The van der Waals surface area contributed by atoms with Gasteiger partial charge in [-0.2, -0.15) is 19.6 Å². The summed E-state index contributed by atoms with van der Waals surface area (Å²) in [5.41, 5.74) is 8.18. The molecule has 0 bridgehead atoms. The predicted octanol–water partition coefficient (Wildman–Crippen LogP) is 7.44. The van der Waals surface area contributed by atoms with Gasteiger partial charge in [0.15, 0.2) is 0 Å². The van der Waals surface area contributed by atoms with Gasteiger partial charge in [-0.25, -0.2) is 4.98 Å². The minimum absolute atomic E-state index is 0.472. The Hall–Kier alpha value is -4.21. The quantitative estimate of drug-likeness (QED) is 0.0776. The van der Waals surface area contributed by atoms with Crippen molar-refractivity contribution in [3.63, 3.8) is 0 Å². The van der Waals surface area contributed by atoms with E-state index in [1.54, 1.807) is 0 Å². The van der Waals surface area contributed by atoms with Gasteiger partial charge >= 0.3 is 0 Å². The van der Waals surface area contributed by atoms with E-state index < -0.39 is 13.6 Å². The summed E-state index contributed by atoms with van der Waals surface area (Å²) in [6.45, 7) is 8.90. The third kappa shape index (κ3) is 7.34. The van der Waals surface area contributed by atoms with Crippen LogP contribution in [-0.4, -0.2) is 39.4 Å². The molecule has 4 aromatic carbocycles. The van der Waals surface area contributed by atoms with Crippen molar-refractivity contribution < 1.29 is 9.47 Å². The fourth-order valence-electron chi connectivity index (χ4n) is 5.02. The normalized spacial score (nSPS) is 11.6. The van der Waals surface area contributed by atoms with Crippen molar-refractivity contribution in [1.82, 2.24) is 10.3 Å². The number of nitrogens with one attached hydrogen (secondary N) is 1. The lowest BCUT2D eigenvalue weighted by Crippen LogP contribution is -2.46. The van der Waals surface area contributed by atoms with E-state index in [0.29, 0.717) is 26.4 Å². The Bertz CT molecular complexity index is 1540. The van der Waals surface area contributed by atoms with Gasteiger partial charge in [-0.3, -0.25) is 10.9 Å². The molecular weight excluding hydrogens is 533 g/mol. The Morgan fingerprint density at radius 3 is 1.86 bits per heavy atom. The molecule has 5 aromatic rings. The zero-order valence-corrected chi connectivity index (χ0v) is 25.6. The van der Waals surface area contributed by atoms with Crippen molar-refractivity contribution in [2.45, 2.75) is 25.2 Å². The molecule has 0 aliphatic rings. The number of hydrogen-bond donors (Lipinski definition) is 1. The van der Waals surface area contributed by atoms with Gasteiger partial charge in [0.05, 0.1) is 24.3 Å². The highest BCUT2D eigenvalue weighted by Crippen LogP contribution is 2.36. The first kappa shape index (κ1) is 29.3. The van der Waals surface area contributed by atoms with Crippen molar-refractivity contribution in [1.29, 1.82) is 0 Å². The molecule has 5 heteroatoms. The lowest BCUT2D eigenvalue weighted by atomic mass is 9.77. The second kappa shape index (κ2) is 13.6. The zero-order valence-electron chi connectivity index (χ0n) is 24.6. The van der Waals surface area contributed by atoms with Gasteiger partial charge in [0.2, 0.25) is 0 Å². The average molecular weight is 571 g/mol. The molecule has 1 aromatic heterocycles. The van der Waals surface area contributed by atoms with E-state index in [1.165, 1.54) is 16.7 Å². The molecule has 0 saturated carbocycles. The van der Waals surface area contributed by atoms with Crippen molar-refractivity contribution in [3.05, 3.63) is 144 Å². The van der Waals surface area contributed by atoms with Crippen LogP contribution < -0.4 is 10.1 Å². The summed E-state index contributed by atoms with van der Waals surface area (Å²) < 4.78 is 12.0. The van der Waals surface area contributed by atoms with Gasteiger partial charge in [-0.15, -0.1) is 0 Å². The van der Waals surface area contributed by atoms with E-state index in [1.807, 2.05) is 24.3 Å². The number of nitrogens with zero attached hydrogens (tertiary/aromatic N) is 1. The molecule has 0 saturated heterocycles. The van der Waals surface area contributed by atoms with Crippen molar-refractivity contribution in [2.24, 2.45) is 0 Å². The lowest BCUT2D eigenvalue weighted by Gasteiger charge is -2.37. The summed E-state index contributed by atoms with van der Waals surface area (Å²) in [4.78, 5) is 4.70. The van der Waals surface area contributed by atoms with E-state index in [4.69, 9.17) is 14.5 Å². The molecule has 0 atom stereocenters. The molecule has 42 heavy (non-hydrogen) atoms. The molecule has 1 heterocycles. The van der Waals surface area contributed by atoms with Gasteiger partial charge in [-0.05, 0) is 47.0 Å². The molecule has 0 aliphatic heterocycles. The third-order valence-electron chi connectivity index (χ3n) is 6.98. The highest BCUT2D eigenvalue weighted by Gasteiger charge is 2.35. The Kier molecular flexibility index (Phi) is 9.51. The van der Waals surface area contributed by atoms with Crippen LogP contribution in [0.4, 0.5) is 0 Å². The maximum atomic E-state index is 6.00. The standard InChI is InChI=1S/C37H38N2O2Si/c1-42(2,3)28-23-34-20-19-30-29-35(21-22-36(30)39-34)41-27-26-40-25-24-38-37(31-13-7-4-8-14-31,32-15-9-5-10-16-32)33-17-11-6-12-18-33/h4-22,29,38H,24-27H2,1-3H3/q-1. The van der Waals surface area contributed by atoms with Crippen molar-refractivity contribution >= 4 is 19.0 Å². The molecule has 0 unspecified atom stereocenters. The first-order chi connectivity index (χ1) is 20.4. The van der Waals surface area contributed by atoms with Gasteiger partial charge < -0.3 is 9.47 Å². The minimum Gasteiger partial charge on any atom is -0.491 e. The molecule has 1 N–H and O–H groups in total. The summed E-state index contributed by atoms with van der Waals surface area (Å²) in [5.74, 6) is 4.04.